The van der Waals surface area contributed by atoms with Gasteiger partial charge in [-0.15, -0.1) is 0 Å². The molecule has 6 aromatic heterocycles. The van der Waals surface area contributed by atoms with Gasteiger partial charge in [0.2, 0.25) is 0 Å². The van der Waals surface area contributed by atoms with Gasteiger partial charge in [0.25, 0.3) is 0 Å². The maximum atomic E-state index is 6.35. The van der Waals surface area contributed by atoms with Gasteiger partial charge in [-0.25, -0.2) is 29.9 Å². The van der Waals surface area contributed by atoms with E-state index >= 15 is 0 Å². The summed E-state index contributed by atoms with van der Waals surface area (Å²) in [6.45, 7) is 0.756. The molecule has 558 valence electrons. The van der Waals surface area contributed by atoms with Gasteiger partial charge in [-0.05, 0) is 159 Å². The molecule has 0 saturated carbocycles. The second-order valence-electron chi connectivity index (χ2n) is 30.1. The lowest BCUT2D eigenvalue weighted by Crippen LogP contribution is -2.00. The van der Waals surface area contributed by atoms with Crippen molar-refractivity contribution >= 4 is 87.4 Å². The van der Waals surface area contributed by atoms with Crippen LogP contribution in [0.25, 0.3) is 212 Å². The number of hydrogen-bond donors (Lipinski definition) is 0. The van der Waals surface area contributed by atoms with Crippen molar-refractivity contribution in [3.05, 3.63) is 424 Å². The maximum Gasteiger partial charge on any atom is 0.164 e. The van der Waals surface area contributed by atoms with Crippen LogP contribution in [-0.2, 0) is 6.54 Å². The number of rotatable bonds is 14. The zero-order chi connectivity index (χ0) is 78.7. The summed E-state index contributed by atoms with van der Waals surface area (Å²) in [5.74, 6) is 3.88. The second kappa shape index (κ2) is 29.7. The largest absolute Gasteiger partial charge is 0.456 e. The zero-order valence-electron chi connectivity index (χ0n) is 64.5. The number of hydrogen-bond acceptors (Lipinski definition) is 7. The lowest BCUT2D eigenvalue weighted by molar-refractivity contribution is 0.669. The standard InChI is InChI=1S/C57H36N4O.C52H35N5/c1-4-14-37(15-5-1)44-32-45(43-28-30-49-48-21-11-13-23-53(48)62-54(49)36-43)34-46(33-44)61-51-22-12-10-20-47(51)50-35-42(29-31-52(50)61)38-24-26-41(27-25-38)57-59-55(39-16-6-2-7-17-39)58-56(60-57)40-18-8-3-9-19-40;1-4-15-36(16-5-1)50-53-51(37-17-6-2-7-18-37)55-52(54-50)40-20-14-19-38(32-40)39-28-30-47-45(33-39)42-23-10-12-25-46(42)56(47)34-35-27-29-49-44(31-35)43-24-11-13-26-48(43)57(49)41-21-8-3-9-22-41/h1-36H;1-33H,34H2. The molecule has 0 saturated heterocycles. The van der Waals surface area contributed by atoms with Crippen molar-refractivity contribution in [2.24, 2.45) is 0 Å². The van der Waals surface area contributed by atoms with Crippen LogP contribution in [0.2, 0.25) is 0 Å². The van der Waals surface area contributed by atoms with Crippen molar-refractivity contribution in [3.8, 4) is 124 Å². The fraction of sp³-hybridized carbons (Fsp3) is 0.00917. The van der Waals surface area contributed by atoms with Crippen molar-refractivity contribution in [3.63, 3.8) is 0 Å². The lowest BCUT2D eigenvalue weighted by Gasteiger charge is -2.14. The fourth-order valence-electron chi connectivity index (χ4n) is 17.1. The van der Waals surface area contributed by atoms with Gasteiger partial charge < -0.3 is 18.1 Å². The van der Waals surface area contributed by atoms with Crippen LogP contribution in [0.4, 0.5) is 0 Å². The van der Waals surface area contributed by atoms with Gasteiger partial charge in [0.15, 0.2) is 34.9 Å². The van der Waals surface area contributed by atoms with Crippen LogP contribution in [0.3, 0.4) is 0 Å². The Morgan fingerprint density at radius 1 is 0.176 bits per heavy atom. The quantitative estimate of drug-likeness (QED) is 0.107. The van der Waals surface area contributed by atoms with E-state index in [1.807, 2.05) is 133 Å². The maximum absolute atomic E-state index is 6.35. The highest BCUT2D eigenvalue weighted by Crippen LogP contribution is 2.43. The highest BCUT2D eigenvalue weighted by atomic mass is 16.3. The van der Waals surface area contributed by atoms with Crippen LogP contribution in [-0.4, -0.2) is 43.6 Å². The molecule has 10 nitrogen and oxygen atoms in total. The third kappa shape index (κ3) is 13.0. The first-order chi connectivity index (χ1) is 58.9. The lowest BCUT2D eigenvalue weighted by atomic mass is 9.97. The molecule has 0 unspecified atom stereocenters. The van der Waals surface area contributed by atoms with Crippen molar-refractivity contribution in [2.75, 3.05) is 0 Å². The molecule has 0 amide bonds. The van der Waals surface area contributed by atoms with E-state index in [1.54, 1.807) is 0 Å². The van der Waals surface area contributed by atoms with E-state index in [0.29, 0.717) is 34.9 Å². The predicted molar refractivity (Wildman–Crippen MR) is 489 cm³/mol. The summed E-state index contributed by atoms with van der Waals surface area (Å²) in [4.78, 5) is 29.7. The molecule has 0 atom stereocenters. The Morgan fingerprint density at radius 3 is 1.06 bits per heavy atom. The smallest absolute Gasteiger partial charge is 0.164 e. The van der Waals surface area contributed by atoms with Gasteiger partial charge in [-0.2, -0.15) is 0 Å². The van der Waals surface area contributed by atoms with Gasteiger partial charge in [0.1, 0.15) is 11.2 Å². The molecule has 0 radical (unpaired) electrons. The molecule has 0 aliphatic heterocycles. The highest BCUT2D eigenvalue weighted by Gasteiger charge is 2.22. The van der Waals surface area contributed by atoms with Crippen LogP contribution in [0.15, 0.2) is 423 Å². The van der Waals surface area contributed by atoms with Gasteiger partial charge in [-0.1, -0.05) is 309 Å². The molecule has 10 heteroatoms. The first kappa shape index (κ1) is 69.7. The minimum Gasteiger partial charge on any atom is -0.456 e. The van der Waals surface area contributed by atoms with Crippen molar-refractivity contribution in [1.82, 2.24) is 43.6 Å². The van der Waals surface area contributed by atoms with Gasteiger partial charge in [-0.3, -0.25) is 0 Å². The minimum absolute atomic E-state index is 0.636. The summed E-state index contributed by atoms with van der Waals surface area (Å²) in [5, 5.41) is 9.64. The molecule has 0 fully saturated rings. The molecular formula is C109H71N9O. The molecule has 23 rings (SSSR count). The molecule has 0 aliphatic rings. The van der Waals surface area contributed by atoms with Crippen LogP contribution in [0.5, 0.6) is 0 Å². The van der Waals surface area contributed by atoms with E-state index in [-0.39, 0.29) is 0 Å². The van der Waals surface area contributed by atoms with Gasteiger partial charge >= 0.3 is 0 Å². The predicted octanol–water partition coefficient (Wildman–Crippen LogP) is 27.7. The first-order valence-corrected chi connectivity index (χ1v) is 40.2. The summed E-state index contributed by atoms with van der Waals surface area (Å²) in [5.41, 5.74) is 27.2. The van der Waals surface area contributed by atoms with Crippen molar-refractivity contribution < 1.29 is 4.42 Å². The molecule has 0 aliphatic carbocycles. The number of fused-ring (bicyclic) bond motifs is 12. The van der Waals surface area contributed by atoms with Crippen LogP contribution < -0.4 is 0 Å². The fourth-order valence-corrected chi connectivity index (χ4v) is 17.1. The first-order valence-electron chi connectivity index (χ1n) is 40.2. The van der Waals surface area contributed by atoms with E-state index in [2.05, 4.69) is 299 Å². The van der Waals surface area contributed by atoms with Crippen LogP contribution >= 0.6 is 0 Å². The van der Waals surface area contributed by atoms with Crippen LogP contribution in [0.1, 0.15) is 5.56 Å². The monoisotopic (exact) mass is 1520 g/mol. The highest BCUT2D eigenvalue weighted by molar-refractivity contribution is 6.13. The van der Waals surface area contributed by atoms with E-state index in [1.165, 1.54) is 65.6 Å². The molecule has 0 spiro atoms. The number of aromatic nitrogens is 9. The molecule has 0 bridgehead atoms. The molecule has 23 aromatic rings. The summed E-state index contributed by atoms with van der Waals surface area (Å²) < 4.78 is 13.6. The Bertz CT molecular complexity index is 7680. The molecule has 0 N–H and O–H groups in total. The Hall–Kier alpha value is -16.0. The molecule has 6 heterocycles. The van der Waals surface area contributed by atoms with Gasteiger partial charge in [0, 0.05) is 105 Å². The summed E-state index contributed by atoms with van der Waals surface area (Å²) in [6.07, 6.45) is 0. The molecule has 17 aromatic carbocycles. The minimum atomic E-state index is 0.636. The number of furan rings is 1. The third-order valence-corrected chi connectivity index (χ3v) is 22.9. The van der Waals surface area contributed by atoms with Crippen molar-refractivity contribution in [2.45, 2.75) is 6.54 Å². The number of para-hydroxylation sites is 5. The second-order valence-corrected chi connectivity index (χ2v) is 30.1. The SMILES string of the molecule is c1ccc(-c2cc(-c3ccc4c(c3)oc3ccccc34)cc(-n3c4ccccc4c4cc(-c5ccc(-c6nc(-c7ccccc7)nc(-c7ccccc7)n6)cc5)ccc43)c2)cc1.c1ccc(-c2nc(-c3ccccc3)nc(-c3cccc(-c4ccc5c(c4)c4ccccc4n5Cc4ccc5c(c4)c4ccccc4n5-c4ccccc4)c3)n2)cc1. The summed E-state index contributed by atoms with van der Waals surface area (Å²) >= 11 is 0. The average molecular weight is 1520 g/mol. The molecule has 119 heavy (non-hydrogen) atoms. The van der Waals surface area contributed by atoms with E-state index < -0.39 is 0 Å². The van der Waals surface area contributed by atoms with Crippen LogP contribution in [0, 0.1) is 0 Å². The summed E-state index contributed by atoms with van der Waals surface area (Å²) in [7, 11) is 0. The average Bonchev–Trinajstić information content (AvgIpc) is 1.60. The Morgan fingerprint density at radius 2 is 0.496 bits per heavy atom. The Kier molecular flexibility index (Phi) is 17.4. The summed E-state index contributed by atoms with van der Waals surface area (Å²) in [6, 6.07) is 147. The Balaban J connectivity index is 0.000000144. The number of nitrogens with zero attached hydrogens (tertiary/aromatic N) is 9. The Labute approximate surface area is 685 Å². The topological polar surface area (TPSA) is 105 Å². The number of benzene rings is 17. The third-order valence-electron chi connectivity index (χ3n) is 22.9. The van der Waals surface area contributed by atoms with E-state index in [9.17, 15) is 0 Å². The van der Waals surface area contributed by atoms with E-state index in [4.69, 9.17) is 34.3 Å². The van der Waals surface area contributed by atoms with Gasteiger partial charge in [0.05, 0.1) is 22.1 Å². The molecular weight excluding hydrogens is 1450 g/mol. The van der Waals surface area contributed by atoms with E-state index in [0.717, 1.165) is 123 Å². The zero-order valence-corrected chi connectivity index (χ0v) is 64.5. The normalized spacial score (nSPS) is 11.6. The van der Waals surface area contributed by atoms with Crippen molar-refractivity contribution in [1.29, 1.82) is 0 Å².